The summed E-state index contributed by atoms with van der Waals surface area (Å²) in [4.78, 5) is 19.3. The quantitative estimate of drug-likeness (QED) is 0.685. The second kappa shape index (κ2) is 4.49. The lowest BCUT2D eigenvalue weighted by molar-refractivity contribution is 0.0702. The van der Waals surface area contributed by atoms with E-state index in [1.807, 2.05) is 18.2 Å². The number of nitrogens with one attached hydrogen (secondary N) is 1. The number of aromatic nitrogens is 2. The van der Waals surface area contributed by atoms with Crippen molar-refractivity contribution in [2.24, 2.45) is 0 Å². The van der Waals surface area contributed by atoms with Gasteiger partial charge in [-0.3, -0.25) is 0 Å². The van der Waals surface area contributed by atoms with Gasteiger partial charge in [0.2, 0.25) is 0 Å². The molecule has 3 N–H and O–H groups in total. The van der Waals surface area contributed by atoms with Gasteiger partial charge in [0.1, 0.15) is 17.3 Å². The molecular formula is C13H10N2O3S. The highest BCUT2D eigenvalue weighted by atomic mass is 32.1. The van der Waals surface area contributed by atoms with E-state index in [9.17, 15) is 4.79 Å². The Bertz CT molecular complexity index is 760. The molecule has 19 heavy (non-hydrogen) atoms. The highest BCUT2D eigenvalue weighted by Gasteiger charge is 2.09. The maximum absolute atomic E-state index is 10.9. The maximum Gasteiger partial charge on any atom is 0.345 e. The molecule has 0 amide bonds. The Labute approximate surface area is 112 Å². The average Bonchev–Trinajstić information content (AvgIpc) is 3.04. The number of fused-ring (bicyclic) bond motifs is 1. The molecule has 6 heteroatoms. The van der Waals surface area contributed by atoms with Crippen LogP contribution in [0.5, 0.6) is 0 Å². The zero-order valence-corrected chi connectivity index (χ0v) is 10.6. The Balaban J connectivity index is 2.06. The van der Waals surface area contributed by atoms with Gasteiger partial charge >= 0.3 is 5.97 Å². The standard InChI is InChI=1S/C13H10N2O3S/c16-6-12-14-8-2-1-7(5-9(8)15-12)10-3-4-11(19-10)13(17)18/h1-5,16H,6H2,(H,14,15)(H,17,18). The number of benzene rings is 1. The Hall–Kier alpha value is -2.18. The van der Waals surface area contributed by atoms with E-state index in [2.05, 4.69) is 9.97 Å². The number of H-pyrrole nitrogens is 1. The summed E-state index contributed by atoms with van der Waals surface area (Å²) in [5.41, 5.74) is 2.53. The summed E-state index contributed by atoms with van der Waals surface area (Å²) in [7, 11) is 0. The van der Waals surface area contributed by atoms with Gasteiger partial charge in [0, 0.05) is 4.88 Å². The molecular weight excluding hydrogens is 264 g/mol. The van der Waals surface area contributed by atoms with E-state index in [-0.39, 0.29) is 6.61 Å². The van der Waals surface area contributed by atoms with Crippen LogP contribution in [-0.2, 0) is 6.61 Å². The Morgan fingerprint density at radius 1 is 1.32 bits per heavy atom. The first kappa shape index (κ1) is 11.9. The highest BCUT2D eigenvalue weighted by Crippen LogP contribution is 2.30. The number of nitrogens with zero attached hydrogens (tertiary/aromatic N) is 1. The smallest absolute Gasteiger partial charge is 0.345 e. The van der Waals surface area contributed by atoms with Crippen molar-refractivity contribution in [2.75, 3.05) is 0 Å². The van der Waals surface area contributed by atoms with Gasteiger partial charge in [-0.2, -0.15) is 0 Å². The van der Waals surface area contributed by atoms with Gasteiger partial charge in [-0.25, -0.2) is 9.78 Å². The minimum absolute atomic E-state index is 0.133. The van der Waals surface area contributed by atoms with Gasteiger partial charge in [0.15, 0.2) is 0 Å². The zero-order chi connectivity index (χ0) is 13.4. The summed E-state index contributed by atoms with van der Waals surface area (Å²) in [6, 6.07) is 9.03. The molecule has 0 radical (unpaired) electrons. The number of aromatic amines is 1. The highest BCUT2D eigenvalue weighted by molar-refractivity contribution is 7.17. The number of hydrogen-bond acceptors (Lipinski definition) is 4. The van der Waals surface area contributed by atoms with Gasteiger partial charge in [-0.05, 0) is 29.8 Å². The summed E-state index contributed by atoms with van der Waals surface area (Å²) >= 11 is 1.23. The minimum atomic E-state index is -0.915. The van der Waals surface area contributed by atoms with Crippen molar-refractivity contribution in [3.8, 4) is 10.4 Å². The fourth-order valence-corrected chi connectivity index (χ4v) is 2.74. The summed E-state index contributed by atoms with van der Waals surface area (Å²) in [5.74, 6) is -0.397. The number of imidazole rings is 1. The van der Waals surface area contributed by atoms with Gasteiger partial charge in [0.05, 0.1) is 11.0 Å². The van der Waals surface area contributed by atoms with Crippen LogP contribution in [0.3, 0.4) is 0 Å². The predicted molar refractivity (Wildman–Crippen MR) is 72.3 cm³/mol. The predicted octanol–water partition coefficient (Wildman–Crippen LogP) is 2.48. The first-order valence-corrected chi connectivity index (χ1v) is 6.42. The molecule has 0 aliphatic carbocycles. The van der Waals surface area contributed by atoms with Crippen LogP contribution in [0.2, 0.25) is 0 Å². The monoisotopic (exact) mass is 274 g/mol. The van der Waals surface area contributed by atoms with E-state index in [1.54, 1.807) is 12.1 Å². The van der Waals surface area contributed by atoms with E-state index < -0.39 is 5.97 Å². The zero-order valence-electron chi connectivity index (χ0n) is 9.75. The van der Waals surface area contributed by atoms with Gasteiger partial charge < -0.3 is 15.2 Å². The van der Waals surface area contributed by atoms with Crippen LogP contribution in [-0.4, -0.2) is 26.2 Å². The number of thiophene rings is 1. The average molecular weight is 274 g/mol. The molecule has 96 valence electrons. The van der Waals surface area contributed by atoms with Crippen LogP contribution in [0.25, 0.3) is 21.5 Å². The lowest BCUT2D eigenvalue weighted by Gasteiger charge is -1.96. The van der Waals surface area contributed by atoms with Crippen LogP contribution in [0.15, 0.2) is 30.3 Å². The van der Waals surface area contributed by atoms with E-state index >= 15 is 0 Å². The number of aliphatic hydroxyl groups excluding tert-OH is 1. The number of aromatic carboxylic acids is 1. The van der Waals surface area contributed by atoms with Crippen molar-refractivity contribution >= 4 is 28.3 Å². The molecule has 0 atom stereocenters. The number of carboxylic acids is 1. The summed E-state index contributed by atoms with van der Waals surface area (Å²) < 4.78 is 0. The fourth-order valence-electron chi connectivity index (χ4n) is 1.90. The van der Waals surface area contributed by atoms with Gasteiger partial charge in [-0.1, -0.05) is 6.07 Å². The number of hydrogen-bond donors (Lipinski definition) is 3. The molecule has 0 fully saturated rings. The number of carboxylic acid groups (broad SMARTS) is 1. The summed E-state index contributed by atoms with van der Waals surface area (Å²) in [5, 5.41) is 18.0. The van der Waals surface area contributed by atoms with Crippen molar-refractivity contribution in [3.63, 3.8) is 0 Å². The maximum atomic E-state index is 10.9. The molecule has 0 saturated heterocycles. The van der Waals surface area contributed by atoms with Gasteiger partial charge in [-0.15, -0.1) is 11.3 Å². The minimum Gasteiger partial charge on any atom is -0.477 e. The third kappa shape index (κ3) is 2.11. The molecule has 5 nitrogen and oxygen atoms in total. The van der Waals surface area contributed by atoms with Crippen molar-refractivity contribution in [2.45, 2.75) is 6.61 Å². The molecule has 2 heterocycles. The van der Waals surface area contributed by atoms with Crippen molar-refractivity contribution in [3.05, 3.63) is 41.0 Å². The largest absolute Gasteiger partial charge is 0.477 e. The Morgan fingerprint density at radius 2 is 2.16 bits per heavy atom. The molecule has 0 unspecified atom stereocenters. The topological polar surface area (TPSA) is 86.2 Å². The Morgan fingerprint density at radius 3 is 2.84 bits per heavy atom. The van der Waals surface area contributed by atoms with E-state index in [1.165, 1.54) is 11.3 Å². The van der Waals surface area contributed by atoms with Crippen molar-refractivity contribution in [1.82, 2.24) is 9.97 Å². The van der Waals surface area contributed by atoms with E-state index in [4.69, 9.17) is 10.2 Å². The van der Waals surface area contributed by atoms with Crippen LogP contribution >= 0.6 is 11.3 Å². The fraction of sp³-hybridized carbons (Fsp3) is 0.0769. The van der Waals surface area contributed by atoms with E-state index in [0.29, 0.717) is 10.7 Å². The van der Waals surface area contributed by atoms with Crippen molar-refractivity contribution < 1.29 is 15.0 Å². The van der Waals surface area contributed by atoms with Crippen molar-refractivity contribution in [1.29, 1.82) is 0 Å². The third-order valence-electron chi connectivity index (χ3n) is 2.78. The molecule has 0 bridgehead atoms. The molecule has 0 aliphatic rings. The first-order valence-electron chi connectivity index (χ1n) is 5.60. The van der Waals surface area contributed by atoms with Crippen LogP contribution < -0.4 is 0 Å². The van der Waals surface area contributed by atoms with Crippen LogP contribution in [0, 0.1) is 0 Å². The molecule has 2 aromatic heterocycles. The second-order valence-corrected chi connectivity index (χ2v) is 5.13. The number of rotatable bonds is 3. The summed E-state index contributed by atoms with van der Waals surface area (Å²) in [6.45, 7) is -0.133. The van der Waals surface area contributed by atoms with Crippen LogP contribution in [0.4, 0.5) is 0 Å². The first-order chi connectivity index (χ1) is 9.17. The number of carbonyl (C=O) groups is 1. The van der Waals surface area contributed by atoms with Crippen LogP contribution in [0.1, 0.15) is 15.5 Å². The molecule has 3 rings (SSSR count). The molecule has 0 aliphatic heterocycles. The van der Waals surface area contributed by atoms with E-state index in [0.717, 1.165) is 21.5 Å². The van der Waals surface area contributed by atoms with Gasteiger partial charge in [0.25, 0.3) is 0 Å². The normalized spacial score (nSPS) is 11.0. The second-order valence-electron chi connectivity index (χ2n) is 4.04. The molecule has 1 aromatic carbocycles. The molecule has 3 aromatic rings. The molecule has 0 saturated carbocycles. The summed E-state index contributed by atoms with van der Waals surface area (Å²) in [6.07, 6.45) is 0. The Kier molecular flexibility index (Phi) is 2.81. The lowest BCUT2D eigenvalue weighted by Crippen LogP contribution is -1.89. The number of aliphatic hydroxyl groups is 1. The third-order valence-corrected chi connectivity index (χ3v) is 3.90. The lowest BCUT2D eigenvalue weighted by atomic mass is 10.1. The SMILES string of the molecule is O=C(O)c1ccc(-c2ccc3nc(CO)[nH]c3c2)s1. The molecule has 0 spiro atoms.